The van der Waals surface area contributed by atoms with E-state index in [-0.39, 0.29) is 22.8 Å². The van der Waals surface area contributed by atoms with E-state index in [9.17, 15) is 9.18 Å². The number of amides is 1. The molecule has 0 radical (unpaired) electrons. The average molecular weight is 458 g/mol. The molecule has 32 heavy (non-hydrogen) atoms. The SMILES string of the molecule is CN(C)C/C=C/C(=O)N1CCC[C@@H](n2nc(-c3ccc(F)c(Cl)c3)c3c(N)ncnc32)C1. The molecule has 3 heterocycles. The number of aromatic nitrogens is 4. The fourth-order valence-electron chi connectivity index (χ4n) is 3.92. The number of rotatable bonds is 5. The van der Waals surface area contributed by atoms with Crippen molar-refractivity contribution in [3.63, 3.8) is 0 Å². The monoisotopic (exact) mass is 457 g/mol. The molecule has 8 nitrogen and oxygen atoms in total. The lowest BCUT2D eigenvalue weighted by atomic mass is 10.1. The Morgan fingerprint density at radius 1 is 1.38 bits per heavy atom. The number of carbonyl (C=O) groups excluding carboxylic acids is 1. The van der Waals surface area contributed by atoms with Crippen molar-refractivity contribution in [3.8, 4) is 11.3 Å². The lowest BCUT2D eigenvalue weighted by Crippen LogP contribution is -2.40. The van der Waals surface area contributed by atoms with Crippen LogP contribution in [-0.2, 0) is 4.79 Å². The topological polar surface area (TPSA) is 93.2 Å². The van der Waals surface area contributed by atoms with Gasteiger partial charge in [-0.15, -0.1) is 0 Å². The second kappa shape index (κ2) is 9.22. The lowest BCUT2D eigenvalue weighted by molar-refractivity contribution is -0.127. The Balaban J connectivity index is 1.68. The van der Waals surface area contributed by atoms with Gasteiger partial charge in [0.2, 0.25) is 5.91 Å². The van der Waals surface area contributed by atoms with Gasteiger partial charge in [-0.1, -0.05) is 17.7 Å². The Morgan fingerprint density at radius 2 is 2.19 bits per heavy atom. The van der Waals surface area contributed by atoms with E-state index in [1.807, 2.05) is 34.7 Å². The summed E-state index contributed by atoms with van der Waals surface area (Å²) in [6.45, 7) is 1.90. The fourth-order valence-corrected chi connectivity index (χ4v) is 4.10. The zero-order chi connectivity index (χ0) is 22.8. The third-order valence-electron chi connectivity index (χ3n) is 5.50. The summed E-state index contributed by atoms with van der Waals surface area (Å²) in [5, 5.41) is 5.37. The van der Waals surface area contributed by atoms with Crippen molar-refractivity contribution in [2.24, 2.45) is 0 Å². The van der Waals surface area contributed by atoms with Gasteiger partial charge < -0.3 is 15.5 Å². The van der Waals surface area contributed by atoms with Crippen LogP contribution in [0.1, 0.15) is 18.9 Å². The molecular formula is C22H25ClFN7O. The molecule has 1 aromatic carbocycles. The van der Waals surface area contributed by atoms with Crippen molar-refractivity contribution in [3.05, 3.63) is 47.5 Å². The van der Waals surface area contributed by atoms with Gasteiger partial charge in [0.15, 0.2) is 5.65 Å². The Kier molecular flexibility index (Phi) is 6.38. The summed E-state index contributed by atoms with van der Waals surface area (Å²) in [6, 6.07) is 4.34. The predicted molar refractivity (Wildman–Crippen MR) is 123 cm³/mol. The Morgan fingerprint density at radius 3 is 2.94 bits per heavy atom. The van der Waals surface area contributed by atoms with Gasteiger partial charge in [-0.3, -0.25) is 4.79 Å². The minimum atomic E-state index is -0.507. The molecule has 0 aliphatic carbocycles. The van der Waals surface area contributed by atoms with Crippen molar-refractivity contribution >= 4 is 34.4 Å². The maximum atomic E-state index is 13.7. The molecule has 0 unspecified atom stereocenters. The van der Waals surface area contributed by atoms with Crippen LogP contribution in [0.2, 0.25) is 5.02 Å². The van der Waals surface area contributed by atoms with E-state index >= 15 is 0 Å². The molecule has 0 spiro atoms. The Labute approximate surface area is 190 Å². The highest BCUT2D eigenvalue weighted by Gasteiger charge is 2.28. The zero-order valence-corrected chi connectivity index (χ0v) is 18.8. The average Bonchev–Trinajstić information content (AvgIpc) is 3.16. The number of anilines is 1. The first-order valence-electron chi connectivity index (χ1n) is 10.4. The Bertz CT molecular complexity index is 1180. The van der Waals surface area contributed by atoms with E-state index in [2.05, 4.69) is 9.97 Å². The van der Waals surface area contributed by atoms with Crippen LogP contribution in [0.15, 0.2) is 36.7 Å². The van der Waals surface area contributed by atoms with Crippen molar-refractivity contribution in [2.45, 2.75) is 18.9 Å². The van der Waals surface area contributed by atoms with Gasteiger partial charge >= 0.3 is 0 Å². The van der Waals surface area contributed by atoms with E-state index in [0.29, 0.717) is 41.9 Å². The molecule has 1 aliphatic rings. The first-order chi connectivity index (χ1) is 15.3. The molecule has 0 saturated carbocycles. The second-order valence-corrected chi connectivity index (χ2v) is 8.53. The van der Waals surface area contributed by atoms with E-state index < -0.39 is 5.82 Å². The van der Waals surface area contributed by atoms with Gasteiger partial charge in [0.25, 0.3) is 0 Å². The summed E-state index contributed by atoms with van der Waals surface area (Å²) in [7, 11) is 3.90. The van der Waals surface area contributed by atoms with E-state index in [4.69, 9.17) is 22.4 Å². The van der Waals surface area contributed by atoms with Crippen molar-refractivity contribution in [1.29, 1.82) is 0 Å². The molecule has 1 saturated heterocycles. The van der Waals surface area contributed by atoms with Crippen molar-refractivity contribution in [2.75, 3.05) is 39.5 Å². The van der Waals surface area contributed by atoms with Crippen LogP contribution < -0.4 is 5.73 Å². The predicted octanol–water partition coefficient (Wildman–Crippen LogP) is 3.15. The van der Waals surface area contributed by atoms with Gasteiger partial charge in [0.05, 0.1) is 16.5 Å². The summed E-state index contributed by atoms with van der Waals surface area (Å²) in [4.78, 5) is 25.0. The highest BCUT2D eigenvalue weighted by atomic mass is 35.5. The number of nitrogens with two attached hydrogens (primary N) is 1. The molecule has 2 aromatic heterocycles. The highest BCUT2D eigenvalue weighted by Crippen LogP contribution is 2.35. The number of piperidine rings is 1. The summed E-state index contributed by atoms with van der Waals surface area (Å²) >= 11 is 6.00. The van der Waals surface area contributed by atoms with Gasteiger partial charge in [0, 0.05) is 31.3 Å². The number of fused-ring (bicyclic) bond motifs is 1. The van der Waals surface area contributed by atoms with Gasteiger partial charge in [-0.2, -0.15) is 5.10 Å². The fraction of sp³-hybridized carbons (Fsp3) is 0.364. The molecule has 4 rings (SSSR count). The maximum absolute atomic E-state index is 13.7. The van der Waals surface area contributed by atoms with Crippen LogP contribution in [-0.4, -0.2) is 69.2 Å². The molecule has 1 atom stereocenters. The van der Waals surface area contributed by atoms with E-state index in [1.54, 1.807) is 12.1 Å². The minimum Gasteiger partial charge on any atom is -0.383 e. The molecule has 10 heteroatoms. The highest BCUT2D eigenvalue weighted by molar-refractivity contribution is 6.31. The number of likely N-dealkylation sites (N-methyl/N-ethyl adjacent to an activating group) is 1. The molecule has 1 fully saturated rings. The summed E-state index contributed by atoms with van der Waals surface area (Å²) in [6.07, 6.45) is 6.56. The minimum absolute atomic E-state index is 0.000398. The van der Waals surface area contributed by atoms with Crippen LogP contribution in [0.3, 0.4) is 0 Å². The number of nitrogens with zero attached hydrogens (tertiary/aromatic N) is 6. The lowest BCUT2D eigenvalue weighted by Gasteiger charge is -2.32. The van der Waals surface area contributed by atoms with Crippen LogP contribution in [0.5, 0.6) is 0 Å². The molecular weight excluding hydrogens is 433 g/mol. The summed E-state index contributed by atoms with van der Waals surface area (Å²) in [5.41, 5.74) is 7.91. The number of nitrogen functional groups attached to an aromatic ring is 1. The number of carbonyl (C=O) groups is 1. The van der Waals surface area contributed by atoms with Gasteiger partial charge in [0.1, 0.15) is 23.7 Å². The number of benzene rings is 1. The molecule has 1 aliphatic heterocycles. The van der Waals surface area contributed by atoms with Gasteiger partial charge in [-0.25, -0.2) is 19.0 Å². The Hall–Kier alpha value is -3.04. The first-order valence-corrected chi connectivity index (χ1v) is 10.8. The number of halogens is 2. The zero-order valence-electron chi connectivity index (χ0n) is 18.0. The van der Waals surface area contributed by atoms with Crippen LogP contribution in [0.25, 0.3) is 22.3 Å². The van der Waals surface area contributed by atoms with Crippen molar-refractivity contribution in [1.82, 2.24) is 29.5 Å². The molecule has 168 valence electrons. The third kappa shape index (κ3) is 4.44. The first kappa shape index (κ1) is 22.2. The standard InChI is InChI=1S/C22H25ClFN7O/c1-29(2)9-4-6-18(32)30-10-3-5-15(12-30)31-22-19(21(25)26-13-27-22)20(28-31)14-7-8-17(24)16(23)11-14/h4,6-8,11,13,15H,3,5,9-10,12H2,1-2H3,(H2,25,26,27)/b6-4+/t15-/m1/s1. The van der Waals surface area contributed by atoms with Gasteiger partial charge in [-0.05, 0) is 45.1 Å². The quantitative estimate of drug-likeness (QED) is 0.591. The number of hydrogen-bond donors (Lipinski definition) is 1. The molecule has 2 N–H and O–H groups in total. The van der Waals surface area contributed by atoms with Crippen LogP contribution in [0.4, 0.5) is 10.2 Å². The largest absolute Gasteiger partial charge is 0.383 e. The second-order valence-electron chi connectivity index (χ2n) is 8.12. The molecule has 3 aromatic rings. The molecule has 0 bridgehead atoms. The van der Waals surface area contributed by atoms with Crippen molar-refractivity contribution < 1.29 is 9.18 Å². The van der Waals surface area contributed by atoms with Crippen LogP contribution in [0, 0.1) is 5.82 Å². The maximum Gasteiger partial charge on any atom is 0.246 e. The number of hydrogen-bond acceptors (Lipinski definition) is 6. The normalized spacial score (nSPS) is 17.0. The smallest absolute Gasteiger partial charge is 0.246 e. The van der Waals surface area contributed by atoms with Crippen LogP contribution >= 0.6 is 11.6 Å². The number of likely N-dealkylation sites (tertiary alicyclic amines) is 1. The third-order valence-corrected chi connectivity index (χ3v) is 5.79. The van der Waals surface area contributed by atoms with E-state index in [0.717, 1.165) is 12.8 Å². The summed E-state index contributed by atoms with van der Waals surface area (Å²) < 4.78 is 15.5. The van der Waals surface area contributed by atoms with E-state index in [1.165, 1.54) is 18.5 Å². The summed E-state index contributed by atoms with van der Waals surface area (Å²) in [5.74, 6) is -0.244. The molecule has 1 amide bonds.